The highest BCUT2D eigenvalue weighted by Gasteiger charge is 2.06. The van der Waals surface area contributed by atoms with Crippen molar-refractivity contribution in [1.29, 1.82) is 0 Å². The van der Waals surface area contributed by atoms with Crippen molar-refractivity contribution in [3.05, 3.63) is 57.7 Å². The second-order valence-electron chi connectivity index (χ2n) is 3.69. The van der Waals surface area contributed by atoms with E-state index in [1.54, 1.807) is 36.4 Å². The van der Waals surface area contributed by atoms with Crippen LogP contribution in [0.5, 0.6) is 5.75 Å². The van der Waals surface area contributed by atoms with Crippen LogP contribution in [-0.2, 0) is 10.0 Å². The third-order valence-electron chi connectivity index (χ3n) is 2.42. The van der Waals surface area contributed by atoms with Gasteiger partial charge in [-0.1, -0.05) is 39.8 Å². The van der Waals surface area contributed by atoms with Crippen LogP contribution < -0.4 is 4.74 Å². The third-order valence-corrected chi connectivity index (χ3v) is 4.25. The van der Waals surface area contributed by atoms with E-state index in [4.69, 9.17) is 4.74 Å². The largest absolute Gasteiger partial charge is 0.570 e. The van der Waals surface area contributed by atoms with Crippen LogP contribution in [-0.4, -0.2) is 15.5 Å². The van der Waals surface area contributed by atoms with E-state index in [0.717, 1.165) is 4.47 Å². The molecule has 4 nitrogen and oxygen atoms in total. The summed E-state index contributed by atoms with van der Waals surface area (Å²) in [5.74, 6) is 0.420. The lowest BCUT2D eigenvalue weighted by Gasteiger charge is -2.24. The lowest BCUT2D eigenvalue weighted by atomic mass is 10.3. The number of para-hydroxylation sites is 1. The first kappa shape index (κ1) is 13.9. The minimum atomic E-state index is -3.74. The molecule has 0 N–H and O–H groups in total. The number of ether oxygens (including phenoxy) is 1. The molecule has 0 radical (unpaired) electrons. The maximum Gasteiger partial charge on any atom is 0.123 e. The Morgan fingerprint density at radius 3 is 2.32 bits per heavy atom. The van der Waals surface area contributed by atoms with Gasteiger partial charge in [0.1, 0.15) is 15.8 Å². The van der Waals surface area contributed by atoms with Gasteiger partial charge in [0.2, 0.25) is 0 Å². The molecule has 0 saturated carbocycles. The van der Waals surface area contributed by atoms with Gasteiger partial charge in [-0.2, -0.15) is 0 Å². The minimum Gasteiger partial charge on any atom is -0.570 e. The van der Waals surface area contributed by atoms with Crippen molar-refractivity contribution in [2.75, 3.05) is 7.11 Å². The Morgan fingerprint density at radius 1 is 1.05 bits per heavy atom. The number of hydrogen-bond acceptors (Lipinski definition) is 3. The lowest BCUT2D eigenvalue weighted by Crippen LogP contribution is -1.98. The van der Waals surface area contributed by atoms with E-state index in [1.165, 1.54) is 19.2 Å². The van der Waals surface area contributed by atoms with Crippen LogP contribution in [0.25, 0.3) is 4.72 Å². The first-order valence-electron chi connectivity index (χ1n) is 5.39. The van der Waals surface area contributed by atoms with Gasteiger partial charge in [0.25, 0.3) is 0 Å². The van der Waals surface area contributed by atoms with Gasteiger partial charge in [-0.25, -0.2) is 8.42 Å². The summed E-state index contributed by atoms with van der Waals surface area (Å²) in [6.45, 7) is 0. The SMILES string of the molecule is COc1ccccc1[N-]S(=O)(=O)c1ccc(Br)cc1. The van der Waals surface area contributed by atoms with E-state index in [2.05, 4.69) is 20.7 Å². The highest BCUT2D eigenvalue weighted by atomic mass is 79.9. The van der Waals surface area contributed by atoms with Crippen LogP contribution in [0.3, 0.4) is 0 Å². The predicted molar refractivity (Wildman–Crippen MR) is 77.3 cm³/mol. The maximum atomic E-state index is 12.1. The van der Waals surface area contributed by atoms with Crippen molar-refractivity contribution in [3.8, 4) is 5.75 Å². The zero-order valence-electron chi connectivity index (χ0n) is 10.1. The zero-order chi connectivity index (χ0) is 13.9. The average molecular weight is 341 g/mol. The van der Waals surface area contributed by atoms with Crippen LogP contribution >= 0.6 is 15.9 Å². The van der Waals surface area contributed by atoms with E-state index in [1.807, 2.05) is 0 Å². The van der Waals surface area contributed by atoms with Gasteiger partial charge in [0, 0.05) is 4.47 Å². The number of methoxy groups -OCH3 is 1. The Bertz CT molecular complexity index is 669. The molecule has 0 saturated heterocycles. The number of sulfonamides is 1. The lowest BCUT2D eigenvalue weighted by molar-refractivity contribution is 0.417. The molecule has 2 aromatic carbocycles. The van der Waals surface area contributed by atoms with Crippen LogP contribution in [0.15, 0.2) is 57.9 Å². The third kappa shape index (κ3) is 3.27. The van der Waals surface area contributed by atoms with E-state index < -0.39 is 10.0 Å². The van der Waals surface area contributed by atoms with Gasteiger partial charge in [-0.15, -0.1) is 0 Å². The van der Waals surface area contributed by atoms with Gasteiger partial charge >= 0.3 is 0 Å². The van der Waals surface area contributed by atoms with E-state index >= 15 is 0 Å². The summed E-state index contributed by atoms with van der Waals surface area (Å²) in [7, 11) is -2.27. The second kappa shape index (κ2) is 5.63. The number of hydrogen-bond donors (Lipinski definition) is 0. The monoisotopic (exact) mass is 340 g/mol. The molecule has 19 heavy (non-hydrogen) atoms. The smallest absolute Gasteiger partial charge is 0.123 e. The quantitative estimate of drug-likeness (QED) is 0.849. The number of nitrogens with zero attached hydrogens (tertiary/aromatic N) is 1. The number of rotatable bonds is 4. The van der Waals surface area contributed by atoms with Crippen LogP contribution in [0, 0.1) is 0 Å². The summed E-state index contributed by atoms with van der Waals surface area (Å²) >= 11 is 3.26. The molecule has 0 heterocycles. The fraction of sp³-hybridized carbons (Fsp3) is 0.0769. The summed E-state index contributed by atoms with van der Waals surface area (Å²) in [5.41, 5.74) is 0.285. The van der Waals surface area contributed by atoms with Gasteiger partial charge in [0.15, 0.2) is 0 Å². The van der Waals surface area contributed by atoms with Crippen molar-refractivity contribution in [2.24, 2.45) is 0 Å². The Labute approximate surface area is 120 Å². The van der Waals surface area contributed by atoms with Gasteiger partial charge in [-0.05, 0) is 30.3 Å². The molecule has 6 heteroatoms. The van der Waals surface area contributed by atoms with Crippen molar-refractivity contribution in [3.63, 3.8) is 0 Å². The molecular formula is C13H11BrNO3S-. The molecule has 0 aliphatic heterocycles. The molecule has 0 aromatic heterocycles. The predicted octanol–water partition coefficient (Wildman–Crippen LogP) is 3.85. The fourth-order valence-corrected chi connectivity index (χ4v) is 2.75. The molecule has 0 amide bonds. The van der Waals surface area contributed by atoms with Crippen molar-refractivity contribution in [2.45, 2.75) is 4.90 Å². The van der Waals surface area contributed by atoms with E-state index in [0.29, 0.717) is 5.75 Å². The van der Waals surface area contributed by atoms with Gasteiger partial charge in [0.05, 0.1) is 12.0 Å². The minimum absolute atomic E-state index is 0.140. The Kier molecular flexibility index (Phi) is 4.11. The first-order chi connectivity index (χ1) is 9.03. The summed E-state index contributed by atoms with van der Waals surface area (Å²) in [4.78, 5) is 0.140. The van der Waals surface area contributed by atoms with Gasteiger partial charge < -0.3 is 9.46 Å². The average Bonchev–Trinajstić information content (AvgIpc) is 2.39. The van der Waals surface area contributed by atoms with Crippen LogP contribution in [0.2, 0.25) is 0 Å². The van der Waals surface area contributed by atoms with Crippen LogP contribution in [0.1, 0.15) is 0 Å². The maximum absolute atomic E-state index is 12.1. The zero-order valence-corrected chi connectivity index (χ0v) is 12.5. The summed E-state index contributed by atoms with van der Waals surface area (Å²) in [6.07, 6.45) is 0. The Balaban J connectivity index is 2.34. The van der Waals surface area contributed by atoms with Crippen molar-refractivity contribution in [1.82, 2.24) is 0 Å². The topological polar surface area (TPSA) is 57.5 Å². The number of halogens is 1. The molecule has 0 atom stereocenters. The highest BCUT2D eigenvalue weighted by Crippen LogP contribution is 2.35. The molecule has 100 valence electrons. The molecule has 0 fully saturated rings. The van der Waals surface area contributed by atoms with Crippen molar-refractivity contribution < 1.29 is 13.2 Å². The molecule has 0 unspecified atom stereocenters. The van der Waals surface area contributed by atoms with E-state index in [-0.39, 0.29) is 10.6 Å². The summed E-state index contributed by atoms with van der Waals surface area (Å²) in [5, 5.41) is 0. The second-order valence-corrected chi connectivity index (χ2v) is 6.21. The van der Waals surface area contributed by atoms with Gasteiger partial charge in [-0.3, -0.25) is 0 Å². The summed E-state index contributed by atoms with van der Waals surface area (Å²) in [6, 6.07) is 13.0. The molecular weight excluding hydrogens is 330 g/mol. The normalized spacial score (nSPS) is 11.1. The van der Waals surface area contributed by atoms with Crippen molar-refractivity contribution >= 4 is 31.6 Å². The van der Waals surface area contributed by atoms with Crippen LogP contribution in [0.4, 0.5) is 5.69 Å². The molecule has 2 rings (SSSR count). The highest BCUT2D eigenvalue weighted by molar-refractivity contribution is 9.10. The Morgan fingerprint density at radius 2 is 1.68 bits per heavy atom. The molecule has 0 aliphatic carbocycles. The molecule has 0 aliphatic rings. The number of benzene rings is 2. The fourth-order valence-electron chi connectivity index (χ4n) is 1.49. The molecule has 0 spiro atoms. The summed E-state index contributed by atoms with van der Waals surface area (Å²) < 4.78 is 34.0. The first-order valence-corrected chi connectivity index (χ1v) is 7.63. The molecule has 2 aromatic rings. The van der Waals surface area contributed by atoms with E-state index in [9.17, 15) is 8.42 Å². The Hall–Kier alpha value is -1.53. The molecule has 0 bridgehead atoms. The standard InChI is InChI=1S/C13H11BrNO3S/c1-18-13-5-3-2-4-12(13)15-19(16,17)11-8-6-10(14)7-9-11/h2-9H,1H3/q-1.